The monoisotopic (exact) mass is 393 g/mol. The van der Waals surface area contributed by atoms with Crippen LogP contribution in [-0.4, -0.2) is 0 Å². The number of fused-ring (bicyclic) bond motifs is 1. The van der Waals surface area contributed by atoms with E-state index < -0.39 is 0 Å². The minimum absolute atomic E-state index is 0. The zero-order valence-electron chi connectivity index (χ0n) is 8.14. The second kappa shape index (κ2) is 6.71. The molecular weight excluding hydrogens is 382 g/mol. The quantitative estimate of drug-likeness (QED) is 0.335. The molecule has 0 fully saturated rings. The van der Waals surface area contributed by atoms with Gasteiger partial charge in [-0.2, -0.15) is 6.07 Å². The van der Waals surface area contributed by atoms with Crippen molar-refractivity contribution in [3.05, 3.63) is 41.5 Å². The van der Waals surface area contributed by atoms with Gasteiger partial charge in [-0.15, -0.1) is 34.5 Å². The molecule has 0 amide bonds. The Morgan fingerprint density at radius 2 is 1.71 bits per heavy atom. The molecule has 0 aliphatic carbocycles. The van der Waals surface area contributed by atoms with Crippen LogP contribution < -0.4 is 24.8 Å². The van der Waals surface area contributed by atoms with Crippen LogP contribution in [0.1, 0.15) is 11.1 Å². The van der Waals surface area contributed by atoms with Crippen molar-refractivity contribution in [1.82, 2.24) is 0 Å². The molecule has 0 heterocycles. The molecule has 3 heteroatoms. The topological polar surface area (TPSA) is 0 Å². The van der Waals surface area contributed by atoms with E-state index in [1.54, 1.807) is 0 Å². The van der Waals surface area contributed by atoms with Gasteiger partial charge in [-0.25, -0.2) is 0 Å². The molecule has 0 saturated carbocycles. The van der Waals surface area contributed by atoms with Gasteiger partial charge in [0.1, 0.15) is 0 Å². The third-order valence-corrected chi connectivity index (χ3v) is 2.11. The first kappa shape index (κ1) is 16.7. The van der Waals surface area contributed by atoms with Gasteiger partial charge in [0, 0.05) is 25.8 Å². The predicted molar refractivity (Wildman–Crippen MR) is 49.0 cm³/mol. The van der Waals surface area contributed by atoms with Crippen molar-refractivity contribution in [3.8, 4) is 0 Å². The van der Waals surface area contributed by atoms with Crippen LogP contribution in [0.5, 0.6) is 0 Å². The molecule has 0 nitrogen and oxygen atoms in total. The van der Waals surface area contributed by atoms with Crippen LogP contribution in [0.25, 0.3) is 10.8 Å². The molecule has 14 heavy (non-hydrogen) atoms. The summed E-state index contributed by atoms with van der Waals surface area (Å²) in [6, 6.07) is 10.9. The van der Waals surface area contributed by atoms with E-state index in [-0.39, 0.29) is 50.7 Å². The molecule has 0 aliphatic rings. The normalized spacial score (nSPS) is 8.43. The van der Waals surface area contributed by atoms with Crippen LogP contribution in [0.2, 0.25) is 0 Å². The van der Waals surface area contributed by atoms with Crippen LogP contribution in [0, 0.1) is 13.8 Å². The van der Waals surface area contributed by atoms with Gasteiger partial charge in [-0.05, 0) is 6.92 Å². The van der Waals surface area contributed by atoms with Gasteiger partial charge in [0.05, 0.1) is 0 Å². The largest absolute Gasteiger partial charge is 1.00 e. The van der Waals surface area contributed by atoms with Crippen molar-refractivity contribution in [3.63, 3.8) is 0 Å². The smallest absolute Gasteiger partial charge is 0 e. The molecule has 76 valence electrons. The van der Waals surface area contributed by atoms with Crippen LogP contribution in [0.3, 0.4) is 0 Å². The summed E-state index contributed by atoms with van der Waals surface area (Å²) in [5.41, 5.74) is 2.73. The van der Waals surface area contributed by atoms with E-state index in [0.29, 0.717) is 0 Å². The maximum Gasteiger partial charge on any atom is 0 e. The summed E-state index contributed by atoms with van der Waals surface area (Å²) in [6.45, 7) is 4.29. The zero-order chi connectivity index (χ0) is 7.84. The molecular formula is C11H11Cl2Hf-3. The number of rotatable bonds is 0. The van der Waals surface area contributed by atoms with Crippen molar-refractivity contribution in [2.45, 2.75) is 13.8 Å². The molecule has 0 radical (unpaired) electrons. The van der Waals surface area contributed by atoms with E-state index in [0.717, 1.165) is 0 Å². The molecule has 0 N–H and O–H groups in total. The second-order valence-corrected chi connectivity index (χ2v) is 3.11. The van der Waals surface area contributed by atoms with Crippen LogP contribution >= 0.6 is 0 Å². The average Bonchev–Trinajstić information content (AvgIpc) is 2.31. The number of hydrogen-bond donors (Lipinski definition) is 0. The van der Waals surface area contributed by atoms with Gasteiger partial charge in [-0.3, -0.25) is 0 Å². The first-order chi connectivity index (χ1) is 5.27. The second-order valence-electron chi connectivity index (χ2n) is 3.11. The Morgan fingerprint density at radius 1 is 1.07 bits per heavy atom. The third kappa shape index (κ3) is 3.15. The Bertz CT molecular complexity index is 393. The molecule has 0 unspecified atom stereocenters. The van der Waals surface area contributed by atoms with E-state index in [1.165, 1.54) is 21.9 Å². The SMILES string of the molecule is Cc1cc2c(C)cccc2[cH-]1.[Cl-].[Cl-].[Hf]. The van der Waals surface area contributed by atoms with Crippen molar-refractivity contribution in [2.75, 3.05) is 0 Å². The van der Waals surface area contributed by atoms with E-state index in [9.17, 15) is 0 Å². The van der Waals surface area contributed by atoms with Crippen LogP contribution in [0.15, 0.2) is 30.3 Å². The summed E-state index contributed by atoms with van der Waals surface area (Å²) in [5, 5.41) is 2.76. The van der Waals surface area contributed by atoms with E-state index in [2.05, 4.69) is 44.2 Å². The standard InChI is InChI=1S/C11H11.2ClH.Hf/c1-8-6-10-5-3-4-9(2)11(10)7-8;;;/h3-7H,1-2H3;2*1H;/q-1;;;/p-2. The number of aryl methyl sites for hydroxylation is 2. The average molecular weight is 393 g/mol. The molecule has 0 saturated heterocycles. The van der Waals surface area contributed by atoms with Crippen molar-refractivity contribution >= 4 is 10.8 Å². The summed E-state index contributed by atoms with van der Waals surface area (Å²) in [7, 11) is 0. The van der Waals surface area contributed by atoms with Gasteiger partial charge in [0.15, 0.2) is 0 Å². The minimum Gasteiger partial charge on any atom is -1.00 e. The fraction of sp³-hybridized carbons (Fsp3) is 0.182. The summed E-state index contributed by atoms with van der Waals surface area (Å²) in [6.07, 6.45) is 0. The van der Waals surface area contributed by atoms with Gasteiger partial charge >= 0.3 is 0 Å². The number of hydrogen-bond acceptors (Lipinski definition) is 0. The Hall–Kier alpha value is 0.280. The van der Waals surface area contributed by atoms with Gasteiger partial charge < -0.3 is 24.8 Å². The Kier molecular flexibility index (Phi) is 8.00. The first-order valence-electron chi connectivity index (χ1n) is 3.90. The Morgan fingerprint density at radius 3 is 2.29 bits per heavy atom. The minimum atomic E-state index is 0. The molecule has 0 spiro atoms. The molecule has 2 rings (SSSR count). The maximum absolute atomic E-state index is 2.24. The Labute approximate surface area is 116 Å². The molecule has 0 aliphatic heterocycles. The first-order valence-corrected chi connectivity index (χ1v) is 3.90. The van der Waals surface area contributed by atoms with Gasteiger partial charge in [-0.1, -0.05) is 18.6 Å². The summed E-state index contributed by atoms with van der Waals surface area (Å²) in [4.78, 5) is 0. The molecule has 2 aromatic carbocycles. The molecule has 0 atom stereocenters. The fourth-order valence-electron chi connectivity index (χ4n) is 1.54. The van der Waals surface area contributed by atoms with Gasteiger partial charge in [0.25, 0.3) is 0 Å². The summed E-state index contributed by atoms with van der Waals surface area (Å²) >= 11 is 0. The van der Waals surface area contributed by atoms with E-state index >= 15 is 0 Å². The zero-order valence-corrected chi connectivity index (χ0v) is 13.2. The molecule has 0 aromatic heterocycles. The van der Waals surface area contributed by atoms with Crippen molar-refractivity contribution in [2.24, 2.45) is 0 Å². The number of benzene rings is 1. The van der Waals surface area contributed by atoms with Crippen LogP contribution in [0.4, 0.5) is 0 Å². The van der Waals surface area contributed by atoms with Gasteiger partial charge in [0.2, 0.25) is 0 Å². The third-order valence-electron chi connectivity index (χ3n) is 2.11. The summed E-state index contributed by atoms with van der Waals surface area (Å²) in [5.74, 6) is 0. The van der Waals surface area contributed by atoms with Crippen molar-refractivity contribution < 1.29 is 50.7 Å². The van der Waals surface area contributed by atoms with E-state index in [4.69, 9.17) is 0 Å². The number of halogens is 2. The fourth-order valence-corrected chi connectivity index (χ4v) is 1.54. The maximum atomic E-state index is 2.24. The molecule has 2 aromatic rings. The molecule has 0 bridgehead atoms. The van der Waals surface area contributed by atoms with E-state index in [1.807, 2.05) is 0 Å². The predicted octanol–water partition coefficient (Wildman–Crippen LogP) is -2.82. The Balaban J connectivity index is 0. The van der Waals surface area contributed by atoms with Crippen LogP contribution in [-0.2, 0) is 25.8 Å². The summed E-state index contributed by atoms with van der Waals surface area (Å²) < 4.78 is 0. The van der Waals surface area contributed by atoms with Crippen molar-refractivity contribution in [1.29, 1.82) is 0 Å².